The van der Waals surface area contributed by atoms with Gasteiger partial charge >= 0.3 is 7.12 Å². The fraction of sp³-hybridized carbons (Fsp3) is 1.00. The fourth-order valence-electron chi connectivity index (χ4n) is 1.74. The maximum absolute atomic E-state index is 5.70. The highest BCUT2D eigenvalue weighted by molar-refractivity contribution is 6.43. The molecule has 1 rings (SSSR count). The normalized spacial score (nSPS) is 28.1. The van der Waals surface area contributed by atoms with Crippen LogP contribution in [0.2, 0.25) is 6.82 Å². The zero-order valence-electron chi connectivity index (χ0n) is 9.86. The van der Waals surface area contributed by atoms with Gasteiger partial charge in [0.05, 0.1) is 12.2 Å². The van der Waals surface area contributed by atoms with E-state index < -0.39 is 0 Å². The van der Waals surface area contributed by atoms with Crippen LogP contribution < -0.4 is 0 Å². The van der Waals surface area contributed by atoms with Gasteiger partial charge in [-0.3, -0.25) is 0 Å². The first-order valence-electron chi connectivity index (χ1n) is 5.09. The zero-order valence-corrected chi connectivity index (χ0v) is 9.86. The lowest BCUT2D eigenvalue weighted by atomic mass is 9.97. The topological polar surface area (TPSA) is 24.9 Å². The van der Waals surface area contributed by atoms with Crippen LogP contribution in [0.25, 0.3) is 0 Å². The van der Waals surface area contributed by atoms with Crippen molar-refractivity contribution in [3.8, 4) is 0 Å². The monoisotopic (exact) mass is 200 g/mol. The first-order valence-corrected chi connectivity index (χ1v) is 5.09. The van der Waals surface area contributed by atoms with Gasteiger partial charge in [-0.1, -0.05) is 0 Å². The van der Waals surface area contributed by atoms with E-state index in [1.165, 1.54) is 0 Å². The van der Waals surface area contributed by atoms with Crippen molar-refractivity contribution in [1.82, 2.24) is 9.80 Å². The number of likely N-dealkylation sites (N-methyl/N-ethyl adjacent to an activating group) is 2. The third kappa shape index (κ3) is 3.57. The standard InChI is InChI=1S/C9H21BN2O2/c1-10-13-8(6-11(2)3)9(14-10)7-12(4)5/h8-9H,6-7H2,1-5H3/t8-,9-/m1/s1. The quantitative estimate of drug-likeness (QED) is 0.597. The molecule has 5 heteroatoms. The molecule has 1 saturated heterocycles. The van der Waals surface area contributed by atoms with Crippen LogP contribution in [0.15, 0.2) is 0 Å². The van der Waals surface area contributed by atoms with E-state index in [2.05, 4.69) is 38.0 Å². The Morgan fingerprint density at radius 2 is 1.29 bits per heavy atom. The molecular formula is C9H21BN2O2. The highest BCUT2D eigenvalue weighted by Crippen LogP contribution is 2.17. The highest BCUT2D eigenvalue weighted by atomic mass is 16.7. The fourth-order valence-corrected chi connectivity index (χ4v) is 1.74. The summed E-state index contributed by atoms with van der Waals surface area (Å²) in [6, 6.07) is 0. The summed E-state index contributed by atoms with van der Waals surface area (Å²) in [5.74, 6) is 0. The molecule has 82 valence electrons. The lowest BCUT2D eigenvalue weighted by Crippen LogP contribution is -2.39. The van der Waals surface area contributed by atoms with Gasteiger partial charge in [0.25, 0.3) is 0 Å². The summed E-state index contributed by atoms with van der Waals surface area (Å²) in [4.78, 5) is 4.27. The van der Waals surface area contributed by atoms with Crippen molar-refractivity contribution in [1.29, 1.82) is 0 Å². The van der Waals surface area contributed by atoms with Gasteiger partial charge in [0.2, 0.25) is 0 Å². The summed E-state index contributed by atoms with van der Waals surface area (Å²) in [6.07, 6.45) is 0.393. The molecule has 0 unspecified atom stereocenters. The minimum Gasteiger partial charge on any atom is -0.404 e. The second-order valence-electron chi connectivity index (χ2n) is 4.44. The second kappa shape index (κ2) is 5.12. The van der Waals surface area contributed by atoms with Crippen molar-refractivity contribution in [2.45, 2.75) is 19.0 Å². The maximum atomic E-state index is 5.70. The van der Waals surface area contributed by atoms with Crippen LogP contribution in [0.3, 0.4) is 0 Å². The Kier molecular flexibility index (Phi) is 4.38. The number of hydrogen-bond acceptors (Lipinski definition) is 4. The first kappa shape index (κ1) is 12.0. The smallest absolute Gasteiger partial charge is 0.404 e. The molecule has 0 N–H and O–H groups in total. The second-order valence-corrected chi connectivity index (χ2v) is 4.44. The Hall–Kier alpha value is -0.0951. The van der Waals surface area contributed by atoms with Gasteiger partial charge in [0.1, 0.15) is 0 Å². The van der Waals surface area contributed by atoms with Gasteiger partial charge in [-0.05, 0) is 35.0 Å². The van der Waals surface area contributed by atoms with Crippen molar-refractivity contribution in [3.05, 3.63) is 0 Å². The van der Waals surface area contributed by atoms with Crippen LogP contribution in [0, 0.1) is 0 Å². The summed E-state index contributed by atoms with van der Waals surface area (Å²) in [5, 5.41) is 0. The molecule has 0 aliphatic carbocycles. The van der Waals surface area contributed by atoms with Gasteiger partial charge in [-0.15, -0.1) is 0 Å². The van der Waals surface area contributed by atoms with Gasteiger partial charge in [-0.2, -0.15) is 0 Å². The van der Waals surface area contributed by atoms with Gasteiger partial charge in [0.15, 0.2) is 0 Å². The SMILES string of the molecule is CB1O[C@H](CN(C)C)[C@@H](CN(C)C)O1. The van der Waals surface area contributed by atoms with Crippen molar-refractivity contribution >= 4 is 7.12 Å². The average Bonchev–Trinajstić information content (AvgIpc) is 2.28. The van der Waals surface area contributed by atoms with Crippen LogP contribution in [-0.2, 0) is 9.31 Å². The molecule has 1 aliphatic heterocycles. The van der Waals surface area contributed by atoms with E-state index in [1.807, 2.05) is 6.82 Å². The first-order chi connectivity index (χ1) is 6.49. The molecule has 1 fully saturated rings. The minimum absolute atomic E-state index is 0.0649. The molecule has 14 heavy (non-hydrogen) atoms. The molecule has 0 saturated carbocycles. The molecule has 0 aromatic rings. The number of nitrogens with zero attached hydrogens (tertiary/aromatic N) is 2. The lowest BCUT2D eigenvalue weighted by Gasteiger charge is -2.24. The summed E-state index contributed by atoms with van der Waals surface area (Å²) in [5.41, 5.74) is 0. The minimum atomic E-state index is -0.0649. The van der Waals surface area contributed by atoms with E-state index >= 15 is 0 Å². The van der Waals surface area contributed by atoms with Crippen molar-refractivity contribution < 1.29 is 9.31 Å². The van der Waals surface area contributed by atoms with Crippen LogP contribution in [0.1, 0.15) is 0 Å². The Bertz CT molecular complexity index is 160. The van der Waals surface area contributed by atoms with E-state index in [9.17, 15) is 0 Å². The molecule has 0 radical (unpaired) electrons. The van der Waals surface area contributed by atoms with Gasteiger partial charge < -0.3 is 19.1 Å². The molecule has 0 bridgehead atoms. The molecule has 0 aromatic carbocycles. The molecule has 1 heterocycles. The zero-order chi connectivity index (χ0) is 10.7. The van der Waals surface area contributed by atoms with Crippen LogP contribution in [0.4, 0.5) is 0 Å². The van der Waals surface area contributed by atoms with Crippen LogP contribution in [0.5, 0.6) is 0 Å². The van der Waals surface area contributed by atoms with Gasteiger partial charge in [0, 0.05) is 13.1 Å². The molecular weight excluding hydrogens is 179 g/mol. The molecule has 0 aromatic heterocycles. The van der Waals surface area contributed by atoms with Crippen LogP contribution in [-0.4, -0.2) is 70.4 Å². The Balaban J connectivity index is 2.45. The molecule has 2 atom stereocenters. The maximum Gasteiger partial charge on any atom is 0.454 e. The predicted molar refractivity (Wildman–Crippen MR) is 58.5 cm³/mol. The van der Waals surface area contributed by atoms with E-state index in [4.69, 9.17) is 9.31 Å². The molecule has 4 nitrogen and oxygen atoms in total. The Labute approximate surface area is 87.3 Å². The highest BCUT2D eigenvalue weighted by Gasteiger charge is 2.36. The third-order valence-corrected chi connectivity index (χ3v) is 2.24. The third-order valence-electron chi connectivity index (χ3n) is 2.24. The lowest BCUT2D eigenvalue weighted by molar-refractivity contribution is 0.103. The Morgan fingerprint density at radius 1 is 0.929 bits per heavy atom. The predicted octanol–water partition coefficient (Wildman–Crippen LogP) is 0.0116. The van der Waals surface area contributed by atoms with E-state index in [1.54, 1.807) is 0 Å². The number of rotatable bonds is 4. The summed E-state index contributed by atoms with van der Waals surface area (Å²) >= 11 is 0. The van der Waals surface area contributed by atoms with Gasteiger partial charge in [-0.25, -0.2) is 0 Å². The molecule has 0 spiro atoms. The molecule has 1 aliphatic rings. The summed E-state index contributed by atoms with van der Waals surface area (Å²) in [6.45, 7) is 3.80. The number of hydrogen-bond donors (Lipinski definition) is 0. The largest absolute Gasteiger partial charge is 0.454 e. The van der Waals surface area contributed by atoms with Crippen molar-refractivity contribution in [2.24, 2.45) is 0 Å². The van der Waals surface area contributed by atoms with Crippen molar-refractivity contribution in [2.75, 3.05) is 41.3 Å². The van der Waals surface area contributed by atoms with E-state index in [0.29, 0.717) is 0 Å². The van der Waals surface area contributed by atoms with Crippen LogP contribution >= 0.6 is 0 Å². The molecule has 0 amide bonds. The van der Waals surface area contributed by atoms with E-state index in [0.717, 1.165) is 13.1 Å². The van der Waals surface area contributed by atoms with Crippen molar-refractivity contribution in [3.63, 3.8) is 0 Å². The summed E-state index contributed by atoms with van der Waals surface area (Å²) in [7, 11) is 8.15. The summed E-state index contributed by atoms with van der Waals surface area (Å²) < 4.78 is 11.4. The Morgan fingerprint density at radius 3 is 1.57 bits per heavy atom. The average molecular weight is 200 g/mol. The van der Waals surface area contributed by atoms with E-state index in [-0.39, 0.29) is 19.3 Å².